The van der Waals surface area contributed by atoms with E-state index in [2.05, 4.69) is 25.2 Å². The van der Waals surface area contributed by atoms with Crippen molar-refractivity contribution in [3.63, 3.8) is 0 Å². The number of anilines is 1. The first-order valence-electron chi connectivity index (χ1n) is 10.2. The Hall–Kier alpha value is -3.18. The van der Waals surface area contributed by atoms with Crippen molar-refractivity contribution < 1.29 is 13.5 Å². The fraction of sp³-hybridized carbons (Fsp3) is 0.231. The van der Waals surface area contributed by atoms with Crippen molar-refractivity contribution in [3.05, 3.63) is 89.0 Å². The molecule has 5 heteroatoms. The van der Waals surface area contributed by atoms with Crippen LogP contribution in [0.25, 0.3) is 16.7 Å². The molecule has 0 radical (unpaired) electrons. The number of benzene rings is 3. The number of rotatable bonds is 4. The summed E-state index contributed by atoms with van der Waals surface area (Å²) in [4.78, 5) is 0. The van der Waals surface area contributed by atoms with Crippen LogP contribution in [0.1, 0.15) is 43.5 Å². The molecule has 1 aliphatic heterocycles. The van der Waals surface area contributed by atoms with Crippen LogP contribution in [0.4, 0.5) is 14.5 Å². The molecule has 3 N–H and O–H groups in total. The summed E-state index contributed by atoms with van der Waals surface area (Å²) in [6, 6.07) is 14.4. The summed E-state index contributed by atoms with van der Waals surface area (Å²) in [6.45, 7) is 6.22. The van der Waals surface area contributed by atoms with Gasteiger partial charge in [0.1, 0.15) is 17.4 Å². The molecule has 1 aliphatic rings. The van der Waals surface area contributed by atoms with Gasteiger partial charge in [-0.15, -0.1) is 0 Å². The first kappa shape index (κ1) is 21.1. The van der Waals surface area contributed by atoms with Crippen molar-refractivity contribution in [1.29, 1.82) is 0 Å². The fourth-order valence-corrected chi connectivity index (χ4v) is 4.49. The maximum absolute atomic E-state index is 14.0. The lowest BCUT2D eigenvalue weighted by molar-refractivity contribution is 0.416. The third-order valence-electron chi connectivity index (χ3n) is 5.63. The highest BCUT2D eigenvalue weighted by atomic mass is 19.1. The van der Waals surface area contributed by atoms with E-state index in [0.29, 0.717) is 11.3 Å². The Bertz CT molecular complexity index is 1160. The summed E-state index contributed by atoms with van der Waals surface area (Å²) in [5.74, 6) is -0.603. The van der Waals surface area contributed by atoms with Crippen LogP contribution in [0.3, 0.4) is 0 Å². The zero-order chi connectivity index (χ0) is 22.3. The zero-order valence-electron chi connectivity index (χ0n) is 18.1. The van der Waals surface area contributed by atoms with Gasteiger partial charge in [0, 0.05) is 22.9 Å². The molecular weight excluding hydrogens is 394 g/mol. The topological polar surface area (TPSA) is 47.3 Å². The molecule has 0 aliphatic carbocycles. The van der Waals surface area contributed by atoms with Gasteiger partial charge < -0.3 is 15.8 Å². The molecule has 0 fully saturated rings. The van der Waals surface area contributed by atoms with Crippen molar-refractivity contribution >= 4 is 11.3 Å². The summed E-state index contributed by atoms with van der Waals surface area (Å²) in [6.07, 6.45) is 2.14. The highest BCUT2D eigenvalue weighted by Gasteiger charge is 2.29. The lowest BCUT2D eigenvalue weighted by Crippen LogP contribution is -2.32. The third kappa shape index (κ3) is 3.93. The van der Waals surface area contributed by atoms with Crippen molar-refractivity contribution in [2.45, 2.75) is 32.4 Å². The molecular formula is C26H26F2N2O. The van der Waals surface area contributed by atoms with Crippen molar-refractivity contribution in [2.75, 3.05) is 12.4 Å². The van der Waals surface area contributed by atoms with Crippen LogP contribution in [0.15, 0.2) is 60.7 Å². The second-order valence-electron chi connectivity index (χ2n) is 8.50. The maximum atomic E-state index is 14.0. The molecule has 3 nitrogen and oxygen atoms in total. The standard InChI is InChI=1S/C26H26F2N2O/c1-15-14-26(2,3)30-21-10-9-20(19-7-5-6-8-22(19)31-4)24(23(15)21)25(29)16-11-17(27)13-18(28)12-16/h5-14,25,30H,29H2,1-4H3. The number of fused-ring (bicyclic) bond motifs is 1. The number of hydrogen-bond donors (Lipinski definition) is 2. The molecule has 3 aromatic carbocycles. The Morgan fingerprint density at radius 2 is 1.65 bits per heavy atom. The summed E-state index contributed by atoms with van der Waals surface area (Å²) in [7, 11) is 1.62. The van der Waals surface area contributed by atoms with E-state index in [0.717, 1.165) is 39.6 Å². The van der Waals surface area contributed by atoms with Gasteiger partial charge in [-0.3, -0.25) is 0 Å². The minimum Gasteiger partial charge on any atom is -0.496 e. The van der Waals surface area contributed by atoms with E-state index >= 15 is 0 Å². The smallest absolute Gasteiger partial charge is 0.126 e. The minimum absolute atomic E-state index is 0.227. The Morgan fingerprint density at radius 1 is 0.968 bits per heavy atom. The van der Waals surface area contributed by atoms with Crippen LogP contribution in [0.5, 0.6) is 5.75 Å². The Kier molecular flexibility index (Phi) is 5.31. The molecule has 0 spiro atoms. The summed E-state index contributed by atoms with van der Waals surface area (Å²) < 4.78 is 33.6. The predicted octanol–water partition coefficient (Wildman–Crippen LogP) is 6.30. The molecule has 0 saturated heterocycles. The molecule has 160 valence electrons. The molecule has 0 amide bonds. The second kappa shape index (κ2) is 7.82. The van der Waals surface area contributed by atoms with Crippen LogP contribution in [0, 0.1) is 11.6 Å². The SMILES string of the molecule is COc1ccccc1-c1ccc2c(c1C(N)c1cc(F)cc(F)c1)C(C)=CC(C)(C)N2. The zero-order valence-corrected chi connectivity index (χ0v) is 18.1. The summed E-state index contributed by atoms with van der Waals surface area (Å²) in [5.41, 5.74) is 12.3. The maximum Gasteiger partial charge on any atom is 0.126 e. The van der Waals surface area contributed by atoms with Gasteiger partial charge in [0.05, 0.1) is 18.7 Å². The second-order valence-corrected chi connectivity index (χ2v) is 8.50. The molecule has 31 heavy (non-hydrogen) atoms. The monoisotopic (exact) mass is 420 g/mol. The molecule has 1 unspecified atom stereocenters. The highest BCUT2D eigenvalue weighted by Crippen LogP contribution is 2.45. The Labute approximate surface area is 181 Å². The summed E-state index contributed by atoms with van der Waals surface area (Å²) >= 11 is 0. The van der Waals surface area contributed by atoms with Crippen LogP contribution in [-0.4, -0.2) is 12.6 Å². The van der Waals surface area contributed by atoms with E-state index in [4.69, 9.17) is 10.5 Å². The Balaban J connectivity index is 2.03. The van der Waals surface area contributed by atoms with E-state index in [1.54, 1.807) is 7.11 Å². The van der Waals surface area contributed by atoms with Crippen LogP contribution in [0.2, 0.25) is 0 Å². The molecule has 1 atom stereocenters. The number of ether oxygens (including phenoxy) is 1. The van der Waals surface area contributed by atoms with Gasteiger partial charge >= 0.3 is 0 Å². The average Bonchev–Trinajstić information content (AvgIpc) is 2.71. The quantitative estimate of drug-likeness (QED) is 0.521. The van der Waals surface area contributed by atoms with Gasteiger partial charge in [-0.2, -0.15) is 0 Å². The van der Waals surface area contributed by atoms with E-state index in [1.165, 1.54) is 12.1 Å². The number of para-hydroxylation sites is 1. The molecule has 3 aromatic rings. The molecule has 4 rings (SSSR count). The normalized spacial score (nSPS) is 15.5. The average molecular weight is 421 g/mol. The highest BCUT2D eigenvalue weighted by molar-refractivity contribution is 5.89. The molecule has 0 aromatic heterocycles. The lowest BCUT2D eigenvalue weighted by atomic mass is 9.81. The van der Waals surface area contributed by atoms with E-state index in [9.17, 15) is 8.78 Å². The van der Waals surface area contributed by atoms with Gasteiger partial charge in [0.2, 0.25) is 0 Å². The van der Waals surface area contributed by atoms with Crippen LogP contribution in [-0.2, 0) is 0 Å². The van der Waals surface area contributed by atoms with Gasteiger partial charge in [0.15, 0.2) is 0 Å². The first-order valence-corrected chi connectivity index (χ1v) is 10.2. The van der Waals surface area contributed by atoms with Crippen molar-refractivity contribution in [1.82, 2.24) is 0 Å². The molecule has 1 heterocycles. The van der Waals surface area contributed by atoms with Gasteiger partial charge in [-0.25, -0.2) is 8.78 Å². The van der Waals surface area contributed by atoms with Crippen molar-refractivity contribution in [3.8, 4) is 16.9 Å². The predicted molar refractivity (Wildman–Crippen MR) is 122 cm³/mol. The number of nitrogens with one attached hydrogen (secondary N) is 1. The van der Waals surface area contributed by atoms with E-state index < -0.39 is 17.7 Å². The van der Waals surface area contributed by atoms with Crippen LogP contribution < -0.4 is 15.8 Å². The summed E-state index contributed by atoms with van der Waals surface area (Å²) in [5, 5.41) is 3.53. The lowest BCUT2D eigenvalue weighted by Gasteiger charge is -2.34. The van der Waals surface area contributed by atoms with E-state index in [-0.39, 0.29) is 5.54 Å². The fourth-order valence-electron chi connectivity index (χ4n) is 4.49. The van der Waals surface area contributed by atoms with Gasteiger partial charge in [0.25, 0.3) is 0 Å². The molecule has 0 bridgehead atoms. The first-order chi connectivity index (χ1) is 14.7. The number of allylic oxidation sites excluding steroid dienone is 1. The van der Waals surface area contributed by atoms with E-state index in [1.807, 2.05) is 43.3 Å². The minimum atomic E-state index is -0.744. The number of nitrogens with two attached hydrogens (primary N) is 1. The van der Waals surface area contributed by atoms with Gasteiger partial charge in [-0.1, -0.05) is 30.3 Å². The Morgan fingerprint density at radius 3 is 2.32 bits per heavy atom. The van der Waals surface area contributed by atoms with Crippen molar-refractivity contribution in [2.24, 2.45) is 5.73 Å². The van der Waals surface area contributed by atoms with Gasteiger partial charge in [-0.05, 0) is 67.3 Å². The molecule has 0 saturated carbocycles. The number of hydrogen-bond acceptors (Lipinski definition) is 3. The largest absolute Gasteiger partial charge is 0.496 e. The number of methoxy groups -OCH3 is 1. The third-order valence-corrected chi connectivity index (χ3v) is 5.63. The van der Waals surface area contributed by atoms with Crippen LogP contribution >= 0.6 is 0 Å². The number of halogens is 2.